The van der Waals surface area contributed by atoms with Crippen LogP contribution < -0.4 is 15.4 Å². The molecule has 0 bridgehead atoms. The molecular weight excluding hydrogens is 326 g/mol. The van der Waals surface area contributed by atoms with Gasteiger partial charge in [0.1, 0.15) is 5.75 Å². The molecule has 2 rings (SSSR count). The summed E-state index contributed by atoms with van der Waals surface area (Å²) in [4.78, 5) is 9.17. The minimum absolute atomic E-state index is 0.490. The number of nitrogens with zero attached hydrogens (tertiary/aromatic N) is 3. The van der Waals surface area contributed by atoms with E-state index in [1.54, 1.807) is 7.11 Å². The van der Waals surface area contributed by atoms with Crippen molar-refractivity contribution in [2.75, 3.05) is 61.0 Å². The Hall–Kier alpha value is -1.79. The highest BCUT2D eigenvalue weighted by Crippen LogP contribution is 2.21. The van der Waals surface area contributed by atoms with Gasteiger partial charge in [-0.2, -0.15) is 0 Å². The molecule has 1 aliphatic heterocycles. The Morgan fingerprint density at radius 1 is 1.23 bits per heavy atom. The predicted octanol–water partition coefficient (Wildman–Crippen LogP) is 1.60. The summed E-state index contributed by atoms with van der Waals surface area (Å²) >= 11 is 0. The number of nitrogens with one attached hydrogen (secondary N) is 2. The van der Waals surface area contributed by atoms with Crippen LogP contribution in [0.5, 0.6) is 5.75 Å². The van der Waals surface area contributed by atoms with Gasteiger partial charge in [-0.15, -0.1) is 0 Å². The molecule has 26 heavy (non-hydrogen) atoms. The van der Waals surface area contributed by atoms with Crippen LogP contribution in [0.15, 0.2) is 29.3 Å². The Morgan fingerprint density at radius 2 is 1.96 bits per heavy atom. The highest BCUT2D eigenvalue weighted by atomic mass is 16.5. The maximum atomic E-state index is 5.22. The number of aliphatic imine (C=N–C) groups is 1. The summed E-state index contributed by atoms with van der Waals surface area (Å²) in [7, 11) is 7.92. The molecule has 6 heteroatoms. The van der Waals surface area contributed by atoms with E-state index in [1.165, 1.54) is 5.56 Å². The standard InChI is InChI=1S/C20H35N5O/c1-16(17-6-8-19(26-5)9-7-17)10-11-22-20(21-2)23-14-18-15-24(3)12-13-25(18)4/h6-9,16,18H,10-15H2,1-5H3,(H2,21,22,23). The third-order valence-electron chi connectivity index (χ3n) is 5.26. The van der Waals surface area contributed by atoms with Gasteiger partial charge >= 0.3 is 0 Å². The van der Waals surface area contributed by atoms with E-state index < -0.39 is 0 Å². The van der Waals surface area contributed by atoms with Crippen molar-refractivity contribution in [2.45, 2.75) is 25.3 Å². The van der Waals surface area contributed by atoms with Crippen LogP contribution in [-0.4, -0.2) is 82.8 Å². The van der Waals surface area contributed by atoms with E-state index in [-0.39, 0.29) is 0 Å². The third-order valence-corrected chi connectivity index (χ3v) is 5.26. The van der Waals surface area contributed by atoms with Gasteiger partial charge in [0, 0.05) is 45.8 Å². The van der Waals surface area contributed by atoms with Crippen molar-refractivity contribution in [1.82, 2.24) is 20.4 Å². The summed E-state index contributed by atoms with van der Waals surface area (Å²) in [5.74, 6) is 2.28. The summed E-state index contributed by atoms with van der Waals surface area (Å²) in [6.07, 6.45) is 1.05. The number of piperazine rings is 1. The van der Waals surface area contributed by atoms with Crippen molar-refractivity contribution in [3.8, 4) is 5.75 Å². The SMILES string of the molecule is CN=C(NCCC(C)c1ccc(OC)cc1)NCC1CN(C)CCN1C. The van der Waals surface area contributed by atoms with Gasteiger partial charge in [0.25, 0.3) is 0 Å². The lowest BCUT2D eigenvalue weighted by molar-refractivity contribution is 0.116. The number of benzene rings is 1. The molecule has 1 saturated heterocycles. The van der Waals surface area contributed by atoms with Gasteiger partial charge in [-0.05, 0) is 44.1 Å². The van der Waals surface area contributed by atoms with Gasteiger partial charge in [-0.1, -0.05) is 19.1 Å². The number of methoxy groups -OCH3 is 1. The van der Waals surface area contributed by atoms with E-state index in [0.29, 0.717) is 12.0 Å². The molecule has 1 aliphatic rings. The van der Waals surface area contributed by atoms with Crippen molar-refractivity contribution < 1.29 is 4.74 Å². The number of ether oxygens (including phenoxy) is 1. The van der Waals surface area contributed by atoms with Crippen molar-refractivity contribution in [3.63, 3.8) is 0 Å². The lowest BCUT2D eigenvalue weighted by atomic mass is 9.98. The van der Waals surface area contributed by atoms with E-state index in [9.17, 15) is 0 Å². The monoisotopic (exact) mass is 361 g/mol. The second-order valence-electron chi connectivity index (χ2n) is 7.24. The molecule has 0 spiro atoms. The van der Waals surface area contributed by atoms with Gasteiger partial charge in [0.2, 0.25) is 0 Å². The molecule has 0 aromatic heterocycles. The first-order valence-electron chi connectivity index (χ1n) is 9.50. The van der Waals surface area contributed by atoms with Crippen molar-refractivity contribution in [3.05, 3.63) is 29.8 Å². The molecule has 2 unspecified atom stereocenters. The molecule has 2 atom stereocenters. The quantitative estimate of drug-likeness (QED) is 0.571. The van der Waals surface area contributed by atoms with Gasteiger partial charge in [0.05, 0.1) is 7.11 Å². The highest BCUT2D eigenvalue weighted by molar-refractivity contribution is 5.79. The minimum Gasteiger partial charge on any atom is -0.497 e. The molecule has 146 valence electrons. The van der Waals surface area contributed by atoms with E-state index in [1.807, 2.05) is 19.2 Å². The summed E-state index contributed by atoms with van der Waals surface area (Å²) in [6, 6.07) is 8.86. The first-order valence-corrected chi connectivity index (χ1v) is 9.50. The first kappa shape index (κ1) is 20.5. The average Bonchev–Trinajstić information content (AvgIpc) is 2.66. The zero-order chi connectivity index (χ0) is 18.9. The molecule has 0 aliphatic carbocycles. The third kappa shape index (κ3) is 6.18. The summed E-state index contributed by atoms with van der Waals surface area (Å²) in [6.45, 7) is 7.42. The van der Waals surface area contributed by atoms with Crippen LogP contribution in [0.3, 0.4) is 0 Å². The maximum absolute atomic E-state index is 5.22. The van der Waals surface area contributed by atoms with E-state index in [2.05, 4.69) is 58.6 Å². The maximum Gasteiger partial charge on any atom is 0.191 e. The zero-order valence-corrected chi connectivity index (χ0v) is 17.0. The fourth-order valence-electron chi connectivity index (χ4n) is 3.26. The lowest BCUT2D eigenvalue weighted by Gasteiger charge is -2.37. The normalized spacial score (nSPS) is 20.7. The first-order chi connectivity index (χ1) is 12.5. The van der Waals surface area contributed by atoms with E-state index in [4.69, 9.17) is 4.74 Å². The molecule has 1 aromatic carbocycles. The number of likely N-dealkylation sites (N-methyl/N-ethyl adjacent to an activating group) is 2. The Bertz CT molecular complexity index is 560. The number of hydrogen-bond acceptors (Lipinski definition) is 4. The molecule has 6 nitrogen and oxygen atoms in total. The Kier molecular flexibility index (Phi) is 8.19. The molecule has 2 N–H and O–H groups in total. The Balaban J connectivity index is 1.72. The molecule has 1 fully saturated rings. The Morgan fingerprint density at radius 3 is 2.62 bits per heavy atom. The minimum atomic E-state index is 0.490. The fourth-order valence-corrected chi connectivity index (χ4v) is 3.26. The second kappa shape index (κ2) is 10.4. The smallest absolute Gasteiger partial charge is 0.191 e. The van der Waals surface area contributed by atoms with E-state index in [0.717, 1.165) is 50.9 Å². The molecule has 0 amide bonds. The van der Waals surface area contributed by atoms with Crippen LogP contribution in [0, 0.1) is 0 Å². The molecule has 0 saturated carbocycles. The molecular formula is C20H35N5O. The van der Waals surface area contributed by atoms with Gasteiger partial charge < -0.3 is 20.3 Å². The van der Waals surface area contributed by atoms with Crippen LogP contribution in [-0.2, 0) is 0 Å². The van der Waals surface area contributed by atoms with Gasteiger partial charge in [-0.3, -0.25) is 9.89 Å². The molecule has 1 heterocycles. The summed E-state index contributed by atoms with van der Waals surface area (Å²) in [5, 5.41) is 6.91. The average molecular weight is 362 g/mol. The second-order valence-corrected chi connectivity index (χ2v) is 7.24. The topological polar surface area (TPSA) is 52.1 Å². The lowest BCUT2D eigenvalue weighted by Crippen LogP contribution is -2.55. The Labute approximate surface area is 158 Å². The molecule has 0 radical (unpaired) electrons. The van der Waals surface area contributed by atoms with Crippen molar-refractivity contribution >= 4 is 5.96 Å². The van der Waals surface area contributed by atoms with Crippen molar-refractivity contribution in [2.24, 2.45) is 4.99 Å². The van der Waals surface area contributed by atoms with Crippen LogP contribution in [0.25, 0.3) is 0 Å². The van der Waals surface area contributed by atoms with Crippen LogP contribution >= 0.6 is 0 Å². The number of rotatable bonds is 7. The van der Waals surface area contributed by atoms with Gasteiger partial charge in [0.15, 0.2) is 5.96 Å². The largest absolute Gasteiger partial charge is 0.497 e. The summed E-state index contributed by atoms with van der Waals surface area (Å²) in [5.41, 5.74) is 1.34. The van der Waals surface area contributed by atoms with Crippen molar-refractivity contribution in [1.29, 1.82) is 0 Å². The van der Waals surface area contributed by atoms with Gasteiger partial charge in [-0.25, -0.2) is 0 Å². The van der Waals surface area contributed by atoms with Crippen LogP contribution in [0.2, 0.25) is 0 Å². The summed E-state index contributed by atoms with van der Waals surface area (Å²) < 4.78 is 5.22. The fraction of sp³-hybridized carbons (Fsp3) is 0.650. The predicted molar refractivity (Wildman–Crippen MR) is 109 cm³/mol. The zero-order valence-electron chi connectivity index (χ0n) is 17.0. The highest BCUT2D eigenvalue weighted by Gasteiger charge is 2.22. The number of guanidine groups is 1. The van der Waals surface area contributed by atoms with E-state index >= 15 is 0 Å². The number of hydrogen-bond donors (Lipinski definition) is 2. The van der Waals surface area contributed by atoms with Crippen LogP contribution in [0.4, 0.5) is 0 Å². The van der Waals surface area contributed by atoms with Crippen LogP contribution in [0.1, 0.15) is 24.8 Å². The molecule has 1 aromatic rings.